The molecule has 2 rings (SSSR count). The fourth-order valence-corrected chi connectivity index (χ4v) is 2.64. The van der Waals surface area contributed by atoms with Gasteiger partial charge in [0.25, 0.3) is 0 Å². The van der Waals surface area contributed by atoms with E-state index in [0.717, 1.165) is 43.1 Å². The number of hydrogen-bond acceptors (Lipinski definition) is 3. The number of carbonyl (C=O) groups is 1. The maximum atomic E-state index is 11.9. The van der Waals surface area contributed by atoms with Crippen molar-refractivity contribution in [2.24, 2.45) is 5.73 Å². The number of nitrogens with two attached hydrogens (primary N) is 1. The quantitative estimate of drug-likeness (QED) is 0.875. The first-order valence-corrected chi connectivity index (χ1v) is 7.54. The van der Waals surface area contributed by atoms with Gasteiger partial charge in [0.2, 0.25) is 5.91 Å². The van der Waals surface area contributed by atoms with Crippen LogP contribution in [0.1, 0.15) is 26.2 Å². The van der Waals surface area contributed by atoms with E-state index in [1.165, 1.54) is 0 Å². The number of carbonyl (C=O) groups excluding carboxylic acids is 1. The highest BCUT2D eigenvalue weighted by Gasteiger charge is 2.25. The van der Waals surface area contributed by atoms with Crippen LogP contribution in [0.25, 0.3) is 0 Å². The Hall–Kier alpha value is -1.26. The molecule has 4 nitrogen and oxygen atoms in total. The number of halogens is 1. The lowest BCUT2D eigenvalue weighted by molar-refractivity contribution is -0.123. The predicted octanol–water partition coefficient (Wildman–Crippen LogP) is 2.16. The zero-order chi connectivity index (χ0) is 14.5. The second kappa shape index (κ2) is 6.95. The van der Waals surface area contributed by atoms with Crippen LogP contribution in [0.5, 0.6) is 0 Å². The molecule has 1 aliphatic rings. The summed E-state index contributed by atoms with van der Waals surface area (Å²) in [7, 11) is 0. The van der Waals surface area contributed by atoms with Crippen molar-refractivity contribution in [1.29, 1.82) is 0 Å². The molecule has 0 aliphatic carbocycles. The molecule has 0 bridgehead atoms. The van der Waals surface area contributed by atoms with E-state index in [0.29, 0.717) is 0 Å². The summed E-state index contributed by atoms with van der Waals surface area (Å²) in [5, 5.41) is 3.78. The Bertz CT molecular complexity index is 449. The summed E-state index contributed by atoms with van der Waals surface area (Å²) in [5.41, 5.74) is 6.97. The van der Waals surface area contributed by atoms with Crippen LogP contribution in [0.3, 0.4) is 0 Å². The van der Waals surface area contributed by atoms with Crippen molar-refractivity contribution in [3.8, 4) is 0 Å². The Morgan fingerprint density at radius 3 is 2.85 bits per heavy atom. The Balaban J connectivity index is 1.86. The minimum Gasteiger partial charge on any atom is -0.369 e. The Morgan fingerprint density at radius 1 is 1.50 bits per heavy atom. The van der Waals surface area contributed by atoms with Crippen LogP contribution in [-0.2, 0) is 4.79 Å². The summed E-state index contributed by atoms with van der Waals surface area (Å²) in [6.07, 6.45) is 2.61. The monoisotopic (exact) mass is 295 g/mol. The van der Waals surface area contributed by atoms with Crippen LogP contribution in [-0.4, -0.2) is 31.1 Å². The van der Waals surface area contributed by atoms with E-state index in [2.05, 4.69) is 10.2 Å². The number of hydrogen-bond donors (Lipinski definition) is 2. The zero-order valence-corrected chi connectivity index (χ0v) is 12.6. The van der Waals surface area contributed by atoms with Gasteiger partial charge in [0.1, 0.15) is 0 Å². The lowest BCUT2D eigenvalue weighted by atomic mass is 10.1. The summed E-state index contributed by atoms with van der Waals surface area (Å²) in [4.78, 5) is 14.2. The highest BCUT2D eigenvalue weighted by atomic mass is 35.5. The van der Waals surface area contributed by atoms with E-state index in [4.69, 9.17) is 17.3 Å². The molecule has 0 aromatic heterocycles. The number of amides is 1. The van der Waals surface area contributed by atoms with Crippen LogP contribution in [0.15, 0.2) is 24.3 Å². The zero-order valence-electron chi connectivity index (χ0n) is 11.8. The number of nitrogens with one attached hydrogen (secondary N) is 1. The van der Waals surface area contributed by atoms with E-state index in [1.54, 1.807) is 0 Å². The van der Waals surface area contributed by atoms with E-state index in [1.807, 2.05) is 31.2 Å². The van der Waals surface area contributed by atoms with E-state index < -0.39 is 0 Å². The highest BCUT2D eigenvalue weighted by Crippen LogP contribution is 2.22. The molecular weight excluding hydrogens is 274 g/mol. The predicted molar refractivity (Wildman–Crippen MR) is 83.1 cm³/mol. The molecule has 1 saturated heterocycles. The maximum absolute atomic E-state index is 11.9. The minimum atomic E-state index is -0.385. The van der Waals surface area contributed by atoms with Gasteiger partial charge in [-0.1, -0.05) is 24.9 Å². The third-order valence-corrected chi connectivity index (χ3v) is 3.91. The Labute approximate surface area is 125 Å². The largest absolute Gasteiger partial charge is 0.369 e. The number of anilines is 1. The average Bonchev–Trinajstić information content (AvgIpc) is 2.88. The molecule has 0 radical (unpaired) electrons. The molecule has 1 aromatic rings. The SMILES string of the molecule is CCCC(N)C(=O)NC1CCN(c2ccc(Cl)cc2)C1. The second-order valence-corrected chi connectivity index (χ2v) is 5.75. The van der Waals surface area contributed by atoms with E-state index in [9.17, 15) is 4.79 Å². The van der Waals surface area contributed by atoms with Crippen LogP contribution >= 0.6 is 11.6 Å². The molecule has 1 amide bonds. The Kier molecular flexibility index (Phi) is 5.26. The second-order valence-electron chi connectivity index (χ2n) is 5.31. The van der Waals surface area contributed by atoms with E-state index in [-0.39, 0.29) is 18.0 Å². The molecule has 0 saturated carbocycles. The fourth-order valence-electron chi connectivity index (χ4n) is 2.51. The first-order chi connectivity index (χ1) is 9.60. The smallest absolute Gasteiger partial charge is 0.237 e. The molecule has 3 N–H and O–H groups in total. The molecule has 1 aliphatic heterocycles. The lowest BCUT2D eigenvalue weighted by Gasteiger charge is -2.20. The number of rotatable bonds is 5. The molecule has 110 valence electrons. The summed E-state index contributed by atoms with van der Waals surface area (Å²) < 4.78 is 0. The fraction of sp³-hybridized carbons (Fsp3) is 0.533. The van der Waals surface area contributed by atoms with Crippen LogP contribution in [0.4, 0.5) is 5.69 Å². The van der Waals surface area contributed by atoms with Gasteiger partial charge in [0, 0.05) is 29.8 Å². The van der Waals surface area contributed by atoms with Crippen LogP contribution < -0.4 is 16.0 Å². The van der Waals surface area contributed by atoms with Gasteiger partial charge in [-0.05, 0) is 37.1 Å². The van der Waals surface area contributed by atoms with Gasteiger partial charge in [-0.2, -0.15) is 0 Å². The van der Waals surface area contributed by atoms with Crippen molar-refractivity contribution >= 4 is 23.2 Å². The molecule has 1 heterocycles. The third-order valence-electron chi connectivity index (χ3n) is 3.66. The first kappa shape index (κ1) is 15.1. The molecule has 5 heteroatoms. The van der Waals surface area contributed by atoms with Gasteiger partial charge < -0.3 is 16.0 Å². The summed E-state index contributed by atoms with van der Waals surface area (Å²) in [5.74, 6) is -0.0326. The average molecular weight is 296 g/mol. The van der Waals surface area contributed by atoms with Gasteiger partial charge in [-0.15, -0.1) is 0 Å². The normalized spacial score (nSPS) is 19.9. The molecule has 2 unspecified atom stereocenters. The van der Waals surface area contributed by atoms with Gasteiger partial charge in [-0.25, -0.2) is 0 Å². The third kappa shape index (κ3) is 3.87. The van der Waals surface area contributed by atoms with Gasteiger partial charge >= 0.3 is 0 Å². The summed E-state index contributed by atoms with van der Waals surface area (Å²) in [6, 6.07) is 7.59. The molecular formula is C15H22ClN3O. The van der Waals surface area contributed by atoms with Crippen molar-refractivity contribution < 1.29 is 4.79 Å². The van der Waals surface area contributed by atoms with Crippen molar-refractivity contribution in [3.05, 3.63) is 29.3 Å². The first-order valence-electron chi connectivity index (χ1n) is 7.16. The Morgan fingerprint density at radius 2 is 2.20 bits per heavy atom. The van der Waals surface area contributed by atoms with Gasteiger partial charge in [0.05, 0.1) is 6.04 Å². The minimum absolute atomic E-state index is 0.0326. The summed E-state index contributed by atoms with van der Waals surface area (Å²) in [6.45, 7) is 3.80. The molecule has 1 aromatic carbocycles. The van der Waals surface area contributed by atoms with Crippen molar-refractivity contribution in [3.63, 3.8) is 0 Å². The molecule has 1 fully saturated rings. The van der Waals surface area contributed by atoms with E-state index >= 15 is 0 Å². The van der Waals surface area contributed by atoms with Crippen LogP contribution in [0.2, 0.25) is 5.02 Å². The standard InChI is InChI=1S/C15H22ClN3O/c1-2-3-14(17)15(20)18-12-8-9-19(10-12)13-6-4-11(16)5-7-13/h4-7,12,14H,2-3,8-10,17H2,1H3,(H,18,20). The van der Waals surface area contributed by atoms with Crippen molar-refractivity contribution in [2.75, 3.05) is 18.0 Å². The van der Waals surface area contributed by atoms with Gasteiger partial charge in [0.15, 0.2) is 0 Å². The topological polar surface area (TPSA) is 58.4 Å². The van der Waals surface area contributed by atoms with Crippen LogP contribution in [0, 0.1) is 0 Å². The van der Waals surface area contributed by atoms with Gasteiger partial charge in [-0.3, -0.25) is 4.79 Å². The molecule has 0 spiro atoms. The van der Waals surface area contributed by atoms with Crippen molar-refractivity contribution in [1.82, 2.24) is 5.32 Å². The maximum Gasteiger partial charge on any atom is 0.237 e. The summed E-state index contributed by atoms with van der Waals surface area (Å²) >= 11 is 5.89. The lowest BCUT2D eigenvalue weighted by Crippen LogP contribution is -2.46. The van der Waals surface area contributed by atoms with Crippen molar-refractivity contribution in [2.45, 2.75) is 38.3 Å². The molecule has 2 atom stereocenters. The number of benzene rings is 1. The number of nitrogens with zero attached hydrogens (tertiary/aromatic N) is 1. The molecule has 20 heavy (non-hydrogen) atoms. The highest BCUT2D eigenvalue weighted by molar-refractivity contribution is 6.30.